The zero-order chi connectivity index (χ0) is 21.6. The van der Waals surface area contributed by atoms with Crippen LogP contribution in [0.1, 0.15) is 29.2 Å². The molecule has 0 radical (unpaired) electrons. The van der Waals surface area contributed by atoms with Crippen molar-refractivity contribution in [3.05, 3.63) is 71.6 Å². The summed E-state index contributed by atoms with van der Waals surface area (Å²) in [7, 11) is 1.74. The van der Waals surface area contributed by atoms with Gasteiger partial charge in [0.1, 0.15) is 6.26 Å². The number of hydrogen-bond acceptors (Lipinski definition) is 4. The Morgan fingerprint density at radius 1 is 1.19 bits per heavy atom. The number of anilines is 1. The molecule has 0 saturated carbocycles. The molecule has 2 heterocycles. The Hall–Kier alpha value is -2.88. The number of fused-ring (bicyclic) bond motifs is 1. The molecule has 168 valence electrons. The summed E-state index contributed by atoms with van der Waals surface area (Å²) >= 11 is 0. The highest BCUT2D eigenvalue weighted by molar-refractivity contribution is 14.0. The molecule has 1 aliphatic rings. The normalized spacial score (nSPS) is 15.4. The number of para-hydroxylation sites is 1. The van der Waals surface area contributed by atoms with Crippen molar-refractivity contribution in [2.45, 2.75) is 25.7 Å². The first-order chi connectivity index (χ1) is 15.1. The monoisotopic (exact) mass is 545 g/mol. The van der Waals surface area contributed by atoms with Gasteiger partial charge in [0.05, 0.1) is 5.69 Å². The summed E-state index contributed by atoms with van der Waals surface area (Å²) in [4.78, 5) is 20.9. The molecule has 1 atom stereocenters. The Morgan fingerprint density at radius 3 is 2.75 bits per heavy atom. The van der Waals surface area contributed by atoms with Gasteiger partial charge in [-0.1, -0.05) is 35.9 Å². The number of carbonyl (C=O) groups is 1. The third kappa shape index (κ3) is 5.87. The van der Waals surface area contributed by atoms with Crippen LogP contribution >= 0.6 is 24.0 Å². The number of nitrogens with zero attached hydrogens (tertiary/aromatic N) is 2. The van der Waals surface area contributed by atoms with E-state index in [4.69, 9.17) is 4.42 Å². The molecule has 32 heavy (non-hydrogen) atoms. The number of rotatable bonds is 6. The van der Waals surface area contributed by atoms with Gasteiger partial charge >= 0.3 is 0 Å². The zero-order valence-corrected chi connectivity index (χ0v) is 20.6. The van der Waals surface area contributed by atoms with Gasteiger partial charge in [-0.2, -0.15) is 0 Å². The first-order valence-electron chi connectivity index (χ1n) is 10.5. The van der Waals surface area contributed by atoms with Crippen LogP contribution in [0.3, 0.4) is 0 Å². The number of benzene rings is 2. The van der Waals surface area contributed by atoms with E-state index in [1.54, 1.807) is 13.3 Å². The minimum Gasteiger partial charge on any atom is -0.444 e. The molecule has 0 spiro atoms. The predicted octanol–water partition coefficient (Wildman–Crippen LogP) is 4.10. The average molecular weight is 545 g/mol. The van der Waals surface area contributed by atoms with Gasteiger partial charge in [0.15, 0.2) is 5.96 Å². The van der Waals surface area contributed by atoms with Crippen LogP contribution in [0.2, 0.25) is 0 Å². The van der Waals surface area contributed by atoms with Gasteiger partial charge < -0.3 is 20.4 Å². The highest BCUT2D eigenvalue weighted by Crippen LogP contribution is 2.31. The van der Waals surface area contributed by atoms with E-state index in [9.17, 15) is 4.79 Å². The lowest BCUT2D eigenvalue weighted by atomic mass is 9.90. The molecule has 1 aromatic heterocycles. The number of amides is 1. The van der Waals surface area contributed by atoms with Gasteiger partial charge in [0, 0.05) is 50.1 Å². The summed E-state index contributed by atoms with van der Waals surface area (Å²) in [6.07, 6.45) is 2.87. The topological polar surface area (TPSA) is 91.6 Å². The molecule has 1 amide bonds. The van der Waals surface area contributed by atoms with Gasteiger partial charge in [-0.05, 0) is 30.7 Å². The Labute approximate surface area is 205 Å². The largest absolute Gasteiger partial charge is 0.444 e. The lowest BCUT2D eigenvalue weighted by Gasteiger charge is -2.26. The van der Waals surface area contributed by atoms with Gasteiger partial charge in [-0.15, -0.1) is 24.0 Å². The van der Waals surface area contributed by atoms with E-state index in [1.807, 2.05) is 42.5 Å². The van der Waals surface area contributed by atoms with Crippen LogP contribution in [-0.2, 0) is 11.2 Å². The van der Waals surface area contributed by atoms with Gasteiger partial charge in [0.25, 0.3) is 0 Å². The van der Waals surface area contributed by atoms with Crippen LogP contribution in [0.25, 0.3) is 11.5 Å². The Bertz CT molecular complexity index is 1080. The van der Waals surface area contributed by atoms with E-state index in [1.165, 1.54) is 5.56 Å². The number of aryl methyl sites for hydroxylation is 1. The predicted molar refractivity (Wildman–Crippen MR) is 138 cm³/mol. The number of halogens is 1. The Kier molecular flexibility index (Phi) is 8.26. The Morgan fingerprint density at radius 2 is 1.97 bits per heavy atom. The summed E-state index contributed by atoms with van der Waals surface area (Å²) < 4.78 is 5.62. The van der Waals surface area contributed by atoms with Crippen LogP contribution < -0.4 is 16.0 Å². The molecule has 4 rings (SSSR count). The van der Waals surface area contributed by atoms with Crippen molar-refractivity contribution in [2.24, 2.45) is 4.99 Å². The summed E-state index contributed by atoms with van der Waals surface area (Å²) in [5.74, 6) is 1.48. The summed E-state index contributed by atoms with van der Waals surface area (Å²) in [5.41, 5.74) is 5.10. The van der Waals surface area contributed by atoms with Gasteiger partial charge in [-0.3, -0.25) is 9.79 Å². The molecule has 0 aliphatic carbocycles. The number of aromatic nitrogens is 1. The van der Waals surface area contributed by atoms with E-state index in [2.05, 4.69) is 38.9 Å². The summed E-state index contributed by atoms with van der Waals surface area (Å²) in [6.45, 7) is 3.35. The van der Waals surface area contributed by atoms with E-state index in [0.717, 1.165) is 22.5 Å². The van der Waals surface area contributed by atoms with Crippen LogP contribution in [-0.4, -0.2) is 37.0 Å². The van der Waals surface area contributed by atoms with Crippen molar-refractivity contribution >= 4 is 41.5 Å². The van der Waals surface area contributed by atoms with Crippen LogP contribution in [0.4, 0.5) is 5.69 Å². The zero-order valence-electron chi connectivity index (χ0n) is 18.2. The fraction of sp³-hybridized carbons (Fsp3) is 0.292. The van der Waals surface area contributed by atoms with Crippen molar-refractivity contribution in [2.75, 3.05) is 25.5 Å². The molecule has 1 aliphatic heterocycles. The second-order valence-electron chi connectivity index (χ2n) is 7.68. The maximum Gasteiger partial charge on any atom is 0.226 e. The lowest BCUT2D eigenvalue weighted by molar-refractivity contribution is -0.116. The van der Waals surface area contributed by atoms with Crippen molar-refractivity contribution in [3.8, 4) is 11.5 Å². The van der Waals surface area contributed by atoms with Gasteiger partial charge in [-0.25, -0.2) is 4.98 Å². The average Bonchev–Trinajstić information content (AvgIpc) is 3.25. The number of guanidine groups is 1. The number of aliphatic imine (C=N–C) groups is 1. The molecule has 0 fully saturated rings. The number of hydrogen-bond donors (Lipinski definition) is 3. The molecule has 8 heteroatoms. The second-order valence-corrected chi connectivity index (χ2v) is 7.68. The first kappa shape index (κ1) is 23.8. The Balaban J connectivity index is 0.00000289. The smallest absolute Gasteiger partial charge is 0.226 e. The molecular formula is C24H28IN5O2. The van der Waals surface area contributed by atoms with E-state index in [0.29, 0.717) is 37.8 Å². The fourth-order valence-corrected chi connectivity index (χ4v) is 3.68. The van der Waals surface area contributed by atoms with Gasteiger partial charge in [0.2, 0.25) is 11.8 Å². The second kappa shape index (κ2) is 11.1. The van der Waals surface area contributed by atoms with Crippen LogP contribution in [0, 0.1) is 6.92 Å². The van der Waals surface area contributed by atoms with Crippen molar-refractivity contribution < 1.29 is 9.21 Å². The maximum absolute atomic E-state index is 12.0. The standard InChI is InChI=1S/C24H27N5O2.HI/c1-16-7-9-17(10-8-16)23-28-19(15-31-23)11-12-26-24(25-2)27-14-18-13-22(30)29-21-6-4-3-5-20(18)21;/h3-10,15,18H,11-14H2,1-2H3,(H,29,30)(H2,25,26,27);1H. The summed E-state index contributed by atoms with van der Waals surface area (Å²) in [6, 6.07) is 16.1. The van der Waals surface area contributed by atoms with E-state index in [-0.39, 0.29) is 35.8 Å². The quantitative estimate of drug-likeness (QED) is 0.247. The molecule has 3 aromatic rings. The highest BCUT2D eigenvalue weighted by Gasteiger charge is 2.24. The van der Waals surface area contributed by atoms with Crippen molar-refractivity contribution in [3.63, 3.8) is 0 Å². The SMILES string of the molecule is CN=C(NCCc1coc(-c2ccc(C)cc2)n1)NCC1CC(=O)Nc2ccccc21.I. The van der Waals surface area contributed by atoms with Crippen LogP contribution in [0.5, 0.6) is 0 Å². The van der Waals surface area contributed by atoms with E-state index < -0.39 is 0 Å². The van der Waals surface area contributed by atoms with Crippen molar-refractivity contribution in [1.29, 1.82) is 0 Å². The van der Waals surface area contributed by atoms with Crippen molar-refractivity contribution in [1.82, 2.24) is 15.6 Å². The molecule has 1 unspecified atom stereocenters. The first-order valence-corrected chi connectivity index (χ1v) is 10.5. The molecule has 0 saturated heterocycles. The minimum atomic E-state index is 0. The number of nitrogens with one attached hydrogen (secondary N) is 3. The molecular weight excluding hydrogens is 517 g/mol. The molecule has 7 nitrogen and oxygen atoms in total. The lowest BCUT2D eigenvalue weighted by Crippen LogP contribution is -2.41. The molecule has 2 aromatic carbocycles. The third-order valence-corrected chi connectivity index (χ3v) is 5.37. The molecule has 0 bridgehead atoms. The molecule has 3 N–H and O–H groups in total. The van der Waals surface area contributed by atoms with E-state index >= 15 is 0 Å². The summed E-state index contributed by atoms with van der Waals surface area (Å²) in [5, 5.41) is 9.58. The third-order valence-electron chi connectivity index (χ3n) is 5.37. The maximum atomic E-state index is 12.0. The highest BCUT2D eigenvalue weighted by atomic mass is 127. The van der Waals surface area contributed by atoms with Crippen LogP contribution in [0.15, 0.2) is 64.2 Å². The minimum absolute atomic E-state index is 0. The number of carbonyl (C=O) groups excluding carboxylic acids is 1. The fourth-order valence-electron chi connectivity index (χ4n) is 3.68. The number of oxazole rings is 1.